The van der Waals surface area contributed by atoms with Gasteiger partial charge in [0.05, 0.1) is 0 Å². The van der Waals surface area contributed by atoms with Crippen LogP contribution in [0.25, 0.3) is 21.9 Å². The second-order valence-corrected chi connectivity index (χ2v) is 4.34. The van der Waals surface area contributed by atoms with Gasteiger partial charge in [0.25, 0.3) is 0 Å². The van der Waals surface area contributed by atoms with Crippen molar-refractivity contribution in [1.29, 1.82) is 0 Å². The second kappa shape index (κ2) is 4.08. The van der Waals surface area contributed by atoms with Crippen molar-refractivity contribution in [2.75, 3.05) is 5.73 Å². The average Bonchev–Trinajstić information content (AvgIpc) is 2.40. The van der Waals surface area contributed by atoms with E-state index < -0.39 is 0 Å². The van der Waals surface area contributed by atoms with E-state index in [0.29, 0.717) is 5.69 Å². The average molecular weight is 235 g/mol. The molecule has 0 saturated heterocycles. The maximum Gasteiger partial charge on any atom is 0.124 e. The van der Waals surface area contributed by atoms with Crippen molar-refractivity contribution < 1.29 is 5.11 Å². The van der Waals surface area contributed by atoms with E-state index in [9.17, 15) is 5.11 Å². The molecule has 2 nitrogen and oxygen atoms in total. The van der Waals surface area contributed by atoms with Crippen molar-refractivity contribution >= 4 is 16.5 Å². The smallest absolute Gasteiger partial charge is 0.124 e. The molecule has 0 aliphatic carbocycles. The summed E-state index contributed by atoms with van der Waals surface area (Å²) in [5.41, 5.74) is 8.48. The molecule has 0 aromatic heterocycles. The van der Waals surface area contributed by atoms with Gasteiger partial charge in [-0.25, -0.2) is 0 Å². The number of hydrogen-bond donors (Lipinski definition) is 2. The Morgan fingerprint density at radius 1 is 0.778 bits per heavy atom. The normalized spacial score (nSPS) is 10.7. The van der Waals surface area contributed by atoms with Crippen LogP contribution in [0.2, 0.25) is 0 Å². The number of anilines is 1. The summed E-state index contributed by atoms with van der Waals surface area (Å²) in [6.07, 6.45) is 0. The van der Waals surface area contributed by atoms with Gasteiger partial charge in [0.2, 0.25) is 0 Å². The summed E-state index contributed by atoms with van der Waals surface area (Å²) in [5, 5.41) is 11.9. The largest absolute Gasteiger partial charge is 0.507 e. The number of rotatable bonds is 1. The maximum atomic E-state index is 10.1. The fraction of sp³-hybridized carbons (Fsp3) is 0. The van der Waals surface area contributed by atoms with Crippen molar-refractivity contribution in [1.82, 2.24) is 0 Å². The van der Waals surface area contributed by atoms with Crippen LogP contribution >= 0.6 is 0 Å². The predicted octanol–water partition coefficient (Wildman–Crippen LogP) is 3.79. The van der Waals surface area contributed by atoms with Crippen LogP contribution in [0.1, 0.15) is 0 Å². The Morgan fingerprint density at radius 3 is 2.33 bits per heavy atom. The third-order valence-corrected chi connectivity index (χ3v) is 3.06. The SMILES string of the molecule is Nc1ccc2cc(-c3ccccc3)cc(O)c2c1. The number of aromatic hydroxyl groups is 1. The van der Waals surface area contributed by atoms with Crippen LogP contribution in [0.3, 0.4) is 0 Å². The first-order valence-corrected chi connectivity index (χ1v) is 5.82. The van der Waals surface area contributed by atoms with E-state index in [1.54, 1.807) is 12.1 Å². The van der Waals surface area contributed by atoms with Gasteiger partial charge in [-0.05, 0) is 40.8 Å². The van der Waals surface area contributed by atoms with Gasteiger partial charge in [0.1, 0.15) is 5.75 Å². The summed E-state index contributed by atoms with van der Waals surface area (Å²) in [5.74, 6) is 0.263. The Balaban J connectivity index is 2.25. The Kier molecular flexibility index (Phi) is 2.41. The van der Waals surface area contributed by atoms with Gasteiger partial charge >= 0.3 is 0 Å². The Morgan fingerprint density at radius 2 is 1.56 bits per heavy atom. The fourth-order valence-corrected chi connectivity index (χ4v) is 2.15. The summed E-state index contributed by atoms with van der Waals surface area (Å²) >= 11 is 0. The van der Waals surface area contributed by atoms with E-state index in [2.05, 4.69) is 6.07 Å². The van der Waals surface area contributed by atoms with Crippen LogP contribution in [0.5, 0.6) is 5.75 Å². The summed E-state index contributed by atoms with van der Waals surface area (Å²) < 4.78 is 0. The van der Waals surface area contributed by atoms with Crippen LogP contribution in [0.15, 0.2) is 60.7 Å². The van der Waals surface area contributed by atoms with Crippen molar-refractivity contribution in [2.45, 2.75) is 0 Å². The predicted molar refractivity (Wildman–Crippen MR) is 75.5 cm³/mol. The highest BCUT2D eigenvalue weighted by molar-refractivity contribution is 5.94. The first kappa shape index (κ1) is 10.7. The first-order chi connectivity index (χ1) is 8.74. The van der Waals surface area contributed by atoms with Crippen LogP contribution in [0.4, 0.5) is 5.69 Å². The molecule has 3 N–H and O–H groups in total. The van der Waals surface area contributed by atoms with Crippen LogP contribution in [-0.2, 0) is 0 Å². The Labute approximate surface area is 105 Å². The summed E-state index contributed by atoms with van der Waals surface area (Å²) in [4.78, 5) is 0. The van der Waals surface area contributed by atoms with Crippen LogP contribution < -0.4 is 5.73 Å². The Bertz CT molecular complexity index is 705. The van der Waals surface area contributed by atoms with Gasteiger partial charge in [-0.1, -0.05) is 36.4 Å². The highest BCUT2D eigenvalue weighted by atomic mass is 16.3. The molecule has 0 aliphatic heterocycles. The fourth-order valence-electron chi connectivity index (χ4n) is 2.15. The number of phenols is 1. The lowest BCUT2D eigenvalue weighted by atomic mass is 10.0. The molecule has 0 aliphatic rings. The highest BCUT2D eigenvalue weighted by Gasteiger charge is 2.05. The minimum atomic E-state index is 0.263. The monoisotopic (exact) mass is 235 g/mol. The van der Waals surface area contributed by atoms with E-state index in [0.717, 1.165) is 21.9 Å². The molecule has 0 saturated carbocycles. The molecule has 2 heteroatoms. The molecular weight excluding hydrogens is 222 g/mol. The number of fused-ring (bicyclic) bond motifs is 1. The summed E-state index contributed by atoms with van der Waals surface area (Å²) in [6.45, 7) is 0. The zero-order valence-electron chi connectivity index (χ0n) is 9.80. The quantitative estimate of drug-likeness (QED) is 0.630. The summed E-state index contributed by atoms with van der Waals surface area (Å²) in [6, 6.07) is 19.4. The van der Waals surface area contributed by atoms with Gasteiger partial charge in [0.15, 0.2) is 0 Å². The molecule has 0 heterocycles. The van der Waals surface area contributed by atoms with E-state index in [4.69, 9.17) is 5.73 Å². The molecule has 3 aromatic rings. The minimum absolute atomic E-state index is 0.263. The van der Waals surface area contributed by atoms with E-state index >= 15 is 0 Å². The molecule has 0 radical (unpaired) electrons. The zero-order valence-corrected chi connectivity index (χ0v) is 9.80. The van der Waals surface area contributed by atoms with Crippen molar-refractivity contribution in [2.24, 2.45) is 0 Å². The van der Waals surface area contributed by atoms with Crippen molar-refractivity contribution in [3.05, 3.63) is 60.7 Å². The molecule has 0 amide bonds. The molecule has 3 aromatic carbocycles. The number of benzene rings is 3. The second-order valence-electron chi connectivity index (χ2n) is 4.34. The Hall–Kier alpha value is -2.48. The molecule has 0 atom stereocenters. The van der Waals surface area contributed by atoms with Gasteiger partial charge in [-0.15, -0.1) is 0 Å². The van der Waals surface area contributed by atoms with Crippen LogP contribution in [0, 0.1) is 0 Å². The third-order valence-electron chi connectivity index (χ3n) is 3.06. The molecule has 0 fully saturated rings. The summed E-state index contributed by atoms with van der Waals surface area (Å²) in [7, 11) is 0. The molecule has 18 heavy (non-hydrogen) atoms. The molecule has 88 valence electrons. The minimum Gasteiger partial charge on any atom is -0.507 e. The molecule has 0 spiro atoms. The van der Waals surface area contributed by atoms with Crippen molar-refractivity contribution in [3.8, 4) is 16.9 Å². The zero-order chi connectivity index (χ0) is 12.5. The van der Waals surface area contributed by atoms with E-state index in [-0.39, 0.29) is 5.75 Å². The third kappa shape index (κ3) is 1.78. The van der Waals surface area contributed by atoms with Crippen LogP contribution in [-0.4, -0.2) is 5.11 Å². The topological polar surface area (TPSA) is 46.2 Å². The van der Waals surface area contributed by atoms with Crippen molar-refractivity contribution in [3.63, 3.8) is 0 Å². The van der Waals surface area contributed by atoms with E-state index in [1.807, 2.05) is 42.5 Å². The lowest BCUT2D eigenvalue weighted by Gasteiger charge is -2.07. The standard InChI is InChI=1S/C16H13NO/c17-14-7-6-12-8-13(9-16(18)15(12)10-14)11-4-2-1-3-5-11/h1-10,18H,17H2. The molecule has 3 rings (SSSR count). The number of phenolic OH excluding ortho intramolecular Hbond substituents is 1. The number of nitrogens with two attached hydrogens (primary N) is 1. The lowest BCUT2D eigenvalue weighted by molar-refractivity contribution is 0.482. The number of hydrogen-bond acceptors (Lipinski definition) is 2. The van der Waals surface area contributed by atoms with Gasteiger partial charge in [-0.3, -0.25) is 0 Å². The highest BCUT2D eigenvalue weighted by Crippen LogP contribution is 2.32. The van der Waals surface area contributed by atoms with Gasteiger partial charge in [0, 0.05) is 11.1 Å². The van der Waals surface area contributed by atoms with Gasteiger partial charge < -0.3 is 10.8 Å². The lowest BCUT2D eigenvalue weighted by Crippen LogP contribution is -1.85. The number of nitrogen functional groups attached to an aromatic ring is 1. The maximum absolute atomic E-state index is 10.1. The van der Waals surface area contributed by atoms with E-state index in [1.165, 1.54) is 0 Å². The molecule has 0 bridgehead atoms. The first-order valence-electron chi connectivity index (χ1n) is 5.82. The molecule has 0 unspecified atom stereocenters. The molecular formula is C16H13NO. The van der Waals surface area contributed by atoms with Gasteiger partial charge in [-0.2, -0.15) is 0 Å².